The SMILES string of the molecule is CCNC(c1ccc(C)cc1)C1(C)CCCO1. The number of hydrogen-bond acceptors (Lipinski definition) is 2. The van der Waals surface area contributed by atoms with Crippen LogP contribution in [-0.2, 0) is 4.74 Å². The maximum atomic E-state index is 5.98. The van der Waals surface area contributed by atoms with Gasteiger partial charge in [-0.1, -0.05) is 36.8 Å². The van der Waals surface area contributed by atoms with Crippen LogP contribution in [0.1, 0.15) is 43.9 Å². The van der Waals surface area contributed by atoms with Crippen molar-refractivity contribution in [2.24, 2.45) is 0 Å². The predicted molar refractivity (Wildman–Crippen MR) is 71.2 cm³/mol. The van der Waals surface area contributed by atoms with Crippen LogP contribution < -0.4 is 5.32 Å². The minimum atomic E-state index is -0.0503. The Morgan fingerprint density at radius 2 is 2.06 bits per heavy atom. The summed E-state index contributed by atoms with van der Waals surface area (Å²) in [5.74, 6) is 0. The highest BCUT2D eigenvalue weighted by Crippen LogP contribution is 2.37. The fourth-order valence-electron chi connectivity index (χ4n) is 2.68. The number of rotatable bonds is 4. The third-order valence-electron chi connectivity index (χ3n) is 3.68. The second-order valence-corrected chi connectivity index (χ2v) is 5.17. The molecule has 1 aliphatic heterocycles. The van der Waals surface area contributed by atoms with E-state index in [-0.39, 0.29) is 5.60 Å². The van der Waals surface area contributed by atoms with E-state index in [9.17, 15) is 0 Å². The van der Waals surface area contributed by atoms with E-state index in [0.717, 1.165) is 19.6 Å². The molecule has 1 N–H and O–H groups in total. The van der Waals surface area contributed by atoms with E-state index in [4.69, 9.17) is 4.74 Å². The molecule has 2 rings (SSSR count). The van der Waals surface area contributed by atoms with Crippen LogP contribution in [0.4, 0.5) is 0 Å². The van der Waals surface area contributed by atoms with Gasteiger partial charge in [0.1, 0.15) is 0 Å². The lowest BCUT2D eigenvalue weighted by molar-refractivity contribution is -0.0121. The Kier molecular flexibility index (Phi) is 3.85. The summed E-state index contributed by atoms with van der Waals surface area (Å²) >= 11 is 0. The molecule has 1 aromatic rings. The minimum absolute atomic E-state index is 0.0503. The molecule has 1 aliphatic rings. The molecule has 94 valence electrons. The first kappa shape index (κ1) is 12.6. The topological polar surface area (TPSA) is 21.3 Å². The lowest BCUT2D eigenvalue weighted by Crippen LogP contribution is -2.41. The fourth-order valence-corrected chi connectivity index (χ4v) is 2.68. The van der Waals surface area contributed by atoms with Gasteiger partial charge in [-0.25, -0.2) is 0 Å². The second kappa shape index (κ2) is 5.19. The molecule has 2 heteroatoms. The molecule has 0 aromatic heterocycles. The van der Waals surface area contributed by atoms with Crippen molar-refractivity contribution in [2.45, 2.75) is 45.3 Å². The van der Waals surface area contributed by atoms with Gasteiger partial charge in [-0.15, -0.1) is 0 Å². The molecule has 2 nitrogen and oxygen atoms in total. The molecule has 0 spiro atoms. The first-order valence-electron chi connectivity index (χ1n) is 6.59. The molecule has 1 fully saturated rings. The normalized spacial score (nSPS) is 26.1. The molecule has 1 saturated heterocycles. The maximum Gasteiger partial charge on any atom is 0.0849 e. The van der Waals surface area contributed by atoms with Crippen LogP contribution in [0.15, 0.2) is 24.3 Å². The van der Waals surface area contributed by atoms with Gasteiger partial charge < -0.3 is 10.1 Å². The van der Waals surface area contributed by atoms with Crippen molar-refractivity contribution in [1.29, 1.82) is 0 Å². The van der Waals surface area contributed by atoms with Crippen molar-refractivity contribution in [3.63, 3.8) is 0 Å². The summed E-state index contributed by atoms with van der Waals surface area (Å²) in [7, 11) is 0. The van der Waals surface area contributed by atoms with E-state index in [1.807, 2.05) is 0 Å². The largest absolute Gasteiger partial charge is 0.373 e. The van der Waals surface area contributed by atoms with Crippen LogP contribution in [-0.4, -0.2) is 18.8 Å². The van der Waals surface area contributed by atoms with E-state index in [2.05, 4.69) is 50.4 Å². The summed E-state index contributed by atoms with van der Waals surface area (Å²) < 4.78 is 5.98. The van der Waals surface area contributed by atoms with Gasteiger partial charge in [0.15, 0.2) is 0 Å². The van der Waals surface area contributed by atoms with Crippen LogP contribution in [0.25, 0.3) is 0 Å². The zero-order valence-corrected chi connectivity index (χ0v) is 11.1. The van der Waals surface area contributed by atoms with Crippen LogP contribution in [0.3, 0.4) is 0 Å². The van der Waals surface area contributed by atoms with Gasteiger partial charge >= 0.3 is 0 Å². The van der Waals surface area contributed by atoms with Gasteiger partial charge in [-0.2, -0.15) is 0 Å². The summed E-state index contributed by atoms with van der Waals surface area (Å²) in [6.07, 6.45) is 2.31. The Labute approximate surface area is 104 Å². The number of ether oxygens (including phenoxy) is 1. The number of likely N-dealkylation sites (N-methyl/N-ethyl adjacent to an activating group) is 1. The predicted octanol–water partition coefficient (Wildman–Crippen LogP) is 3.21. The van der Waals surface area contributed by atoms with Crippen molar-refractivity contribution in [3.8, 4) is 0 Å². The number of aryl methyl sites for hydroxylation is 1. The first-order chi connectivity index (χ1) is 8.15. The smallest absolute Gasteiger partial charge is 0.0849 e. The Morgan fingerprint density at radius 1 is 1.35 bits per heavy atom. The summed E-state index contributed by atoms with van der Waals surface area (Å²) in [6, 6.07) is 9.09. The third-order valence-corrected chi connectivity index (χ3v) is 3.68. The highest BCUT2D eigenvalue weighted by atomic mass is 16.5. The zero-order valence-electron chi connectivity index (χ0n) is 11.1. The Bertz CT molecular complexity index is 352. The molecule has 0 saturated carbocycles. The van der Waals surface area contributed by atoms with E-state index < -0.39 is 0 Å². The molecular weight excluding hydrogens is 210 g/mol. The Balaban J connectivity index is 2.24. The monoisotopic (exact) mass is 233 g/mol. The molecule has 2 unspecified atom stereocenters. The van der Waals surface area contributed by atoms with Gasteiger partial charge in [0, 0.05) is 6.61 Å². The molecule has 0 aliphatic carbocycles. The molecule has 2 atom stereocenters. The standard InChI is InChI=1S/C15H23NO/c1-4-16-14(15(3)10-5-11-17-15)13-8-6-12(2)7-9-13/h6-9,14,16H,4-5,10-11H2,1-3H3. The molecule has 0 amide bonds. The van der Waals surface area contributed by atoms with E-state index in [1.165, 1.54) is 17.5 Å². The van der Waals surface area contributed by atoms with E-state index in [0.29, 0.717) is 6.04 Å². The summed E-state index contributed by atoms with van der Waals surface area (Å²) in [5, 5.41) is 3.58. The Hall–Kier alpha value is -0.860. The second-order valence-electron chi connectivity index (χ2n) is 5.17. The molecule has 1 heterocycles. The molecular formula is C15H23NO. The van der Waals surface area contributed by atoms with Crippen LogP contribution in [0, 0.1) is 6.92 Å². The summed E-state index contributed by atoms with van der Waals surface area (Å²) in [6.45, 7) is 8.37. The highest BCUT2D eigenvalue weighted by Gasteiger charge is 2.38. The van der Waals surface area contributed by atoms with E-state index in [1.54, 1.807) is 0 Å². The molecule has 1 aromatic carbocycles. The maximum absolute atomic E-state index is 5.98. The third kappa shape index (κ3) is 2.70. The van der Waals surface area contributed by atoms with Crippen LogP contribution >= 0.6 is 0 Å². The van der Waals surface area contributed by atoms with Crippen molar-refractivity contribution < 1.29 is 4.74 Å². The van der Waals surface area contributed by atoms with Crippen molar-refractivity contribution in [2.75, 3.05) is 13.2 Å². The van der Waals surface area contributed by atoms with Gasteiger partial charge in [-0.3, -0.25) is 0 Å². The lowest BCUT2D eigenvalue weighted by atomic mass is 9.87. The van der Waals surface area contributed by atoms with E-state index >= 15 is 0 Å². The zero-order chi connectivity index (χ0) is 12.3. The van der Waals surface area contributed by atoms with Gasteiger partial charge in [0.05, 0.1) is 11.6 Å². The summed E-state index contributed by atoms with van der Waals surface area (Å²) in [4.78, 5) is 0. The minimum Gasteiger partial charge on any atom is -0.373 e. The quantitative estimate of drug-likeness (QED) is 0.862. The number of hydrogen-bond donors (Lipinski definition) is 1. The summed E-state index contributed by atoms with van der Waals surface area (Å²) in [5.41, 5.74) is 2.59. The number of benzene rings is 1. The molecule has 17 heavy (non-hydrogen) atoms. The Morgan fingerprint density at radius 3 is 2.59 bits per heavy atom. The van der Waals surface area contributed by atoms with Crippen LogP contribution in [0.2, 0.25) is 0 Å². The fraction of sp³-hybridized carbons (Fsp3) is 0.600. The lowest BCUT2D eigenvalue weighted by Gasteiger charge is -2.34. The average molecular weight is 233 g/mol. The molecule has 0 bridgehead atoms. The van der Waals surface area contributed by atoms with Gasteiger partial charge in [0.25, 0.3) is 0 Å². The first-order valence-corrected chi connectivity index (χ1v) is 6.59. The van der Waals surface area contributed by atoms with Gasteiger partial charge in [-0.05, 0) is 38.8 Å². The van der Waals surface area contributed by atoms with Crippen molar-refractivity contribution >= 4 is 0 Å². The number of nitrogens with one attached hydrogen (secondary N) is 1. The molecule has 0 radical (unpaired) electrons. The highest BCUT2D eigenvalue weighted by molar-refractivity contribution is 5.26. The average Bonchev–Trinajstić information content (AvgIpc) is 2.75. The van der Waals surface area contributed by atoms with Crippen LogP contribution in [0.5, 0.6) is 0 Å². The van der Waals surface area contributed by atoms with Crippen molar-refractivity contribution in [3.05, 3.63) is 35.4 Å². The van der Waals surface area contributed by atoms with Crippen molar-refractivity contribution in [1.82, 2.24) is 5.32 Å². The van der Waals surface area contributed by atoms with Gasteiger partial charge in [0.2, 0.25) is 0 Å².